The number of nitrogens with one attached hydrogen (secondary N) is 1. The van der Waals surface area contributed by atoms with Gasteiger partial charge < -0.3 is 10.2 Å². The molecule has 1 rings (SSSR count). The van der Waals surface area contributed by atoms with E-state index in [0.29, 0.717) is 11.9 Å². The number of amides is 1. The molecule has 0 aliphatic carbocycles. The number of carbonyl (C=O) groups excluding carboxylic acids is 1. The van der Waals surface area contributed by atoms with E-state index in [1.54, 1.807) is 0 Å². The molecule has 1 aliphatic heterocycles. The third-order valence-corrected chi connectivity index (χ3v) is 3.88. The predicted octanol–water partition coefficient (Wildman–Crippen LogP) is 2.41. The number of likely N-dealkylation sites (tertiary alicyclic amines) is 1. The molecule has 3 heteroatoms. The van der Waals surface area contributed by atoms with Gasteiger partial charge in [0.2, 0.25) is 5.91 Å². The van der Waals surface area contributed by atoms with Gasteiger partial charge in [-0.3, -0.25) is 4.79 Å². The number of rotatable bonds is 6. The molecule has 1 unspecified atom stereocenters. The van der Waals surface area contributed by atoms with Crippen molar-refractivity contribution in [1.82, 2.24) is 10.2 Å². The van der Waals surface area contributed by atoms with Crippen LogP contribution in [0.15, 0.2) is 0 Å². The molecule has 0 aromatic rings. The summed E-state index contributed by atoms with van der Waals surface area (Å²) >= 11 is 0. The van der Waals surface area contributed by atoms with E-state index in [-0.39, 0.29) is 5.92 Å². The highest BCUT2D eigenvalue weighted by molar-refractivity contribution is 5.78. The normalized spacial score (nSPS) is 19.4. The zero-order chi connectivity index (χ0) is 12.7. The van der Waals surface area contributed by atoms with E-state index < -0.39 is 0 Å². The summed E-state index contributed by atoms with van der Waals surface area (Å²) in [6, 6.07) is 0.606. The summed E-state index contributed by atoms with van der Waals surface area (Å²) in [5, 5.41) is 3.30. The van der Waals surface area contributed by atoms with E-state index in [1.165, 1.54) is 19.3 Å². The minimum absolute atomic E-state index is 0.215. The van der Waals surface area contributed by atoms with Gasteiger partial charge >= 0.3 is 0 Å². The van der Waals surface area contributed by atoms with E-state index in [4.69, 9.17) is 0 Å². The molecule has 17 heavy (non-hydrogen) atoms. The lowest BCUT2D eigenvalue weighted by molar-refractivity contribution is -0.136. The fraction of sp³-hybridized carbons (Fsp3) is 0.929. The first kappa shape index (κ1) is 14.5. The fourth-order valence-electron chi connectivity index (χ4n) is 2.52. The minimum atomic E-state index is 0.215. The van der Waals surface area contributed by atoms with Gasteiger partial charge in [0.05, 0.1) is 0 Å². The number of unbranched alkanes of at least 4 members (excludes halogenated alkanes) is 2. The molecule has 1 N–H and O–H groups in total. The monoisotopic (exact) mass is 240 g/mol. The standard InChI is InChI=1S/C14H28N2O/c1-4-5-6-7-12(2)14(17)16-10-8-13(15-3)9-11-16/h12-13,15H,4-11H2,1-3H3. The van der Waals surface area contributed by atoms with Gasteiger partial charge in [-0.25, -0.2) is 0 Å². The zero-order valence-corrected chi connectivity index (χ0v) is 11.7. The lowest BCUT2D eigenvalue weighted by Gasteiger charge is -2.33. The van der Waals surface area contributed by atoms with Crippen LogP contribution in [0.4, 0.5) is 0 Å². The lowest BCUT2D eigenvalue weighted by Crippen LogP contribution is -2.45. The minimum Gasteiger partial charge on any atom is -0.342 e. The van der Waals surface area contributed by atoms with Crippen molar-refractivity contribution in [2.45, 2.75) is 58.4 Å². The molecule has 0 radical (unpaired) electrons. The molecule has 100 valence electrons. The summed E-state index contributed by atoms with van der Waals surface area (Å²) in [5.41, 5.74) is 0. The molecular weight excluding hydrogens is 212 g/mol. The van der Waals surface area contributed by atoms with Crippen LogP contribution in [0.25, 0.3) is 0 Å². The summed E-state index contributed by atoms with van der Waals surface area (Å²) in [6.07, 6.45) is 6.93. The highest BCUT2D eigenvalue weighted by Crippen LogP contribution is 2.16. The summed E-state index contributed by atoms with van der Waals surface area (Å²) in [6.45, 7) is 6.15. The Bertz CT molecular complexity index is 222. The third kappa shape index (κ3) is 4.66. The quantitative estimate of drug-likeness (QED) is 0.723. The van der Waals surface area contributed by atoms with Crippen LogP contribution in [0.2, 0.25) is 0 Å². The molecule has 0 saturated carbocycles. The van der Waals surface area contributed by atoms with Crippen LogP contribution in [0.3, 0.4) is 0 Å². The van der Waals surface area contributed by atoms with Crippen LogP contribution < -0.4 is 5.32 Å². The Labute approximate surface area is 106 Å². The Kier molecular flexibility index (Phi) is 6.56. The summed E-state index contributed by atoms with van der Waals surface area (Å²) in [4.78, 5) is 14.3. The van der Waals surface area contributed by atoms with Crippen molar-refractivity contribution in [3.05, 3.63) is 0 Å². The number of piperidine rings is 1. The highest BCUT2D eigenvalue weighted by atomic mass is 16.2. The molecule has 0 aromatic heterocycles. The molecule has 1 saturated heterocycles. The number of hydrogen-bond donors (Lipinski definition) is 1. The fourth-order valence-corrected chi connectivity index (χ4v) is 2.52. The van der Waals surface area contributed by atoms with Crippen molar-refractivity contribution in [2.75, 3.05) is 20.1 Å². The molecule has 0 bridgehead atoms. The molecule has 1 atom stereocenters. The number of hydrogen-bond acceptors (Lipinski definition) is 2. The zero-order valence-electron chi connectivity index (χ0n) is 11.7. The lowest BCUT2D eigenvalue weighted by atomic mass is 9.99. The second kappa shape index (κ2) is 7.70. The Morgan fingerprint density at radius 2 is 2.00 bits per heavy atom. The van der Waals surface area contributed by atoms with Gasteiger partial charge in [-0.2, -0.15) is 0 Å². The van der Waals surface area contributed by atoms with Gasteiger partial charge in [0.15, 0.2) is 0 Å². The average Bonchev–Trinajstić information content (AvgIpc) is 2.38. The first-order chi connectivity index (χ1) is 8.19. The maximum atomic E-state index is 12.2. The van der Waals surface area contributed by atoms with Crippen LogP contribution in [0.5, 0.6) is 0 Å². The molecule has 1 fully saturated rings. The summed E-state index contributed by atoms with van der Waals surface area (Å²) in [5.74, 6) is 0.586. The van der Waals surface area contributed by atoms with Crippen molar-refractivity contribution in [2.24, 2.45) is 5.92 Å². The van der Waals surface area contributed by atoms with Gasteiger partial charge in [-0.05, 0) is 26.3 Å². The van der Waals surface area contributed by atoms with E-state index in [2.05, 4.69) is 24.1 Å². The van der Waals surface area contributed by atoms with E-state index in [9.17, 15) is 4.79 Å². The molecule has 0 aromatic carbocycles. The Hall–Kier alpha value is -0.570. The van der Waals surface area contributed by atoms with Crippen LogP contribution in [-0.2, 0) is 4.79 Å². The molecule has 1 aliphatic rings. The van der Waals surface area contributed by atoms with Crippen molar-refractivity contribution in [3.63, 3.8) is 0 Å². The number of carbonyl (C=O) groups is 1. The van der Waals surface area contributed by atoms with Crippen molar-refractivity contribution >= 4 is 5.91 Å². The third-order valence-electron chi connectivity index (χ3n) is 3.88. The Morgan fingerprint density at radius 3 is 2.53 bits per heavy atom. The van der Waals surface area contributed by atoms with Gasteiger partial charge in [0.25, 0.3) is 0 Å². The van der Waals surface area contributed by atoms with Crippen molar-refractivity contribution in [3.8, 4) is 0 Å². The van der Waals surface area contributed by atoms with E-state index in [0.717, 1.165) is 32.4 Å². The summed E-state index contributed by atoms with van der Waals surface area (Å²) in [7, 11) is 2.01. The maximum Gasteiger partial charge on any atom is 0.225 e. The largest absolute Gasteiger partial charge is 0.342 e. The SMILES string of the molecule is CCCCCC(C)C(=O)N1CCC(NC)CC1. The van der Waals surface area contributed by atoms with Gasteiger partial charge in [0, 0.05) is 25.0 Å². The van der Waals surface area contributed by atoms with Crippen LogP contribution in [0.1, 0.15) is 52.4 Å². The van der Waals surface area contributed by atoms with Crippen LogP contribution >= 0.6 is 0 Å². The Morgan fingerprint density at radius 1 is 1.35 bits per heavy atom. The maximum absolute atomic E-state index is 12.2. The Balaban J connectivity index is 2.27. The molecule has 0 spiro atoms. The molecular formula is C14H28N2O. The smallest absolute Gasteiger partial charge is 0.225 e. The highest BCUT2D eigenvalue weighted by Gasteiger charge is 2.24. The van der Waals surface area contributed by atoms with Gasteiger partial charge in [0.1, 0.15) is 0 Å². The molecule has 1 amide bonds. The first-order valence-corrected chi connectivity index (χ1v) is 7.15. The summed E-state index contributed by atoms with van der Waals surface area (Å²) < 4.78 is 0. The van der Waals surface area contributed by atoms with Gasteiger partial charge in [-0.1, -0.05) is 33.1 Å². The molecule has 3 nitrogen and oxygen atoms in total. The first-order valence-electron chi connectivity index (χ1n) is 7.15. The van der Waals surface area contributed by atoms with E-state index >= 15 is 0 Å². The van der Waals surface area contributed by atoms with Crippen molar-refractivity contribution in [1.29, 1.82) is 0 Å². The van der Waals surface area contributed by atoms with Crippen LogP contribution in [0, 0.1) is 5.92 Å². The second-order valence-corrected chi connectivity index (χ2v) is 5.29. The molecule has 1 heterocycles. The van der Waals surface area contributed by atoms with E-state index in [1.807, 2.05) is 7.05 Å². The topological polar surface area (TPSA) is 32.3 Å². The second-order valence-electron chi connectivity index (χ2n) is 5.29. The van der Waals surface area contributed by atoms with Crippen molar-refractivity contribution < 1.29 is 4.79 Å². The average molecular weight is 240 g/mol. The van der Waals surface area contributed by atoms with Gasteiger partial charge in [-0.15, -0.1) is 0 Å². The van der Waals surface area contributed by atoms with Crippen LogP contribution in [-0.4, -0.2) is 37.0 Å². The predicted molar refractivity (Wildman–Crippen MR) is 72.0 cm³/mol. The number of nitrogens with zero attached hydrogens (tertiary/aromatic N) is 1.